The fraction of sp³-hybridized carbons (Fsp3) is 0.263. The van der Waals surface area contributed by atoms with E-state index in [2.05, 4.69) is 20.7 Å². The van der Waals surface area contributed by atoms with Gasteiger partial charge in [0.1, 0.15) is 0 Å². The maximum Gasteiger partial charge on any atom is 0.152 e. The molecule has 0 unspecified atom stereocenters. The second kappa shape index (κ2) is 10.5. The molecule has 0 spiro atoms. The summed E-state index contributed by atoms with van der Waals surface area (Å²) in [5.41, 5.74) is 2.09. The maximum atomic E-state index is 11.0. The molecule has 0 bridgehead atoms. The summed E-state index contributed by atoms with van der Waals surface area (Å²) in [5.74, 6) is 0. The SMILES string of the molecule is CN(CCCN(C)/N=N/c1ccccc1C=O)/N=N/c1ccccc1C=O. The quantitative estimate of drug-likeness (QED) is 0.357. The second-order valence-corrected chi connectivity index (χ2v) is 5.85. The fourth-order valence-electron chi connectivity index (χ4n) is 2.22. The summed E-state index contributed by atoms with van der Waals surface area (Å²) in [4.78, 5) is 21.9. The van der Waals surface area contributed by atoms with E-state index in [1.807, 2.05) is 26.2 Å². The first-order valence-corrected chi connectivity index (χ1v) is 8.48. The van der Waals surface area contributed by atoms with Gasteiger partial charge < -0.3 is 0 Å². The molecule has 0 N–H and O–H groups in total. The minimum atomic E-state index is 0.505. The molecule has 0 fully saturated rings. The van der Waals surface area contributed by atoms with Gasteiger partial charge in [0.25, 0.3) is 0 Å². The molecule has 0 amide bonds. The van der Waals surface area contributed by atoms with Crippen LogP contribution >= 0.6 is 0 Å². The van der Waals surface area contributed by atoms with E-state index in [0.29, 0.717) is 35.6 Å². The number of aldehydes is 2. The Hall–Kier alpha value is -3.42. The molecule has 2 aromatic rings. The third kappa shape index (κ3) is 6.43. The molecule has 0 saturated carbocycles. The van der Waals surface area contributed by atoms with Crippen LogP contribution < -0.4 is 0 Å². The predicted molar refractivity (Wildman–Crippen MR) is 103 cm³/mol. The Morgan fingerprint density at radius 2 is 1.15 bits per heavy atom. The van der Waals surface area contributed by atoms with Crippen molar-refractivity contribution in [3.8, 4) is 0 Å². The van der Waals surface area contributed by atoms with Gasteiger partial charge in [-0.15, -0.1) is 10.2 Å². The highest BCUT2D eigenvalue weighted by Crippen LogP contribution is 2.18. The van der Waals surface area contributed by atoms with Crippen molar-refractivity contribution in [1.82, 2.24) is 10.0 Å². The summed E-state index contributed by atoms with van der Waals surface area (Å²) in [6.07, 6.45) is 2.31. The van der Waals surface area contributed by atoms with E-state index >= 15 is 0 Å². The summed E-state index contributed by atoms with van der Waals surface area (Å²) >= 11 is 0. The molecule has 0 heterocycles. The van der Waals surface area contributed by atoms with Crippen LogP contribution in [-0.2, 0) is 0 Å². The highest BCUT2D eigenvalue weighted by atomic mass is 16.1. The van der Waals surface area contributed by atoms with Crippen LogP contribution in [0.3, 0.4) is 0 Å². The first kappa shape index (κ1) is 19.9. The van der Waals surface area contributed by atoms with Gasteiger partial charge in [-0.2, -0.15) is 0 Å². The average molecular weight is 366 g/mol. The molecule has 2 aromatic carbocycles. The van der Waals surface area contributed by atoms with Gasteiger partial charge >= 0.3 is 0 Å². The average Bonchev–Trinajstić information content (AvgIpc) is 2.71. The van der Waals surface area contributed by atoms with E-state index in [1.54, 1.807) is 46.4 Å². The third-order valence-electron chi connectivity index (χ3n) is 3.70. The van der Waals surface area contributed by atoms with Gasteiger partial charge in [0.15, 0.2) is 12.6 Å². The smallest absolute Gasteiger partial charge is 0.152 e. The molecule has 0 saturated heterocycles. The van der Waals surface area contributed by atoms with Crippen molar-refractivity contribution in [2.24, 2.45) is 20.7 Å². The van der Waals surface area contributed by atoms with E-state index in [0.717, 1.165) is 19.0 Å². The molecule has 0 aliphatic heterocycles. The lowest BCUT2D eigenvalue weighted by Crippen LogP contribution is -2.19. The van der Waals surface area contributed by atoms with Crippen LogP contribution in [-0.4, -0.2) is 49.8 Å². The van der Waals surface area contributed by atoms with Crippen LogP contribution in [0.2, 0.25) is 0 Å². The van der Waals surface area contributed by atoms with Crippen molar-refractivity contribution < 1.29 is 9.59 Å². The van der Waals surface area contributed by atoms with E-state index in [-0.39, 0.29) is 0 Å². The third-order valence-corrected chi connectivity index (χ3v) is 3.70. The zero-order valence-corrected chi connectivity index (χ0v) is 15.4. The van der Waals surface area contributed by atoms with Crippen LogP contribution in [0, 0.1) is 0 Å². The van der Waals surface area contributed by atoms with E-state index in [9.17, 15) is 9.59 Å². The largest absolute Gasteiger partial charge is 0.298 e. The van der Waals surface area contributed by atoms with Crippen molar-refractivity contribution in [2.45, 2.75) is 6.42 Å². The van der Waals surface area contributed by atoms with Crippen LogP contribution in [0.5, 0.6) is 0 Å². The molecule has 0 aliphatic carbocycles. The molecule has 8 heteroatoms. The van der Waals surface area contributed by atoms with Gasteiger partial charge in [-0.05, 0) is 30.7 Å². The van der Waals surface area contributed by atoms with Gasteiger partial charge in [0, 0.05) is 38.3 Å². The van der Waals surface area contributed by atoms with Crippen LogP contribution in [0.1, 0.15) is 27.1 Å². The number of rotatable bonds is 10. The zero-order valence-electron chi connectivity index (χ0n) is 15.4. The maximum absolute atomic E-state index is 11.0. The van der Waals surface area contributed by atoms with Crippen LogP contribution in [0.4, 0.5) is 11.4 Å². The lowest BCUT2D eigenvalue weighted by atomic mass is 10.2. The van der Waals surface area contributed by atoms with Crippen molar-refractivity contribution in [2.75, 3.05) is 27.2 Å². The summed E-state index contributed by atoms with van der Waals surface area (Å²) in [6, 6.07) is 14.1. The van der Waals surface area contributed by atoms with Crippen LogP contribution in [0.15, 0.2) is 69.2 Å². The minimum Gasteiger partial charge on any atom is -0.298 e. The molecule has 27 heavy (non-hydrogen) atoms. The Labute approximate surface area is 158 Å². The number of hydrogen-bond acceptors (Lipinski definition) is 6. The number of hydrogen-bond donors (Lipinski definition) is 0. The predicted octanol–water partition coefficient (Wildman–Crippen LogP) is 4.26. The Kier molecular flexibility index (Phi) is 7.77. The fourth-order valence-corrected chi connectivity index (χ4v) is 2.22. The minimum absolute atomic E-state index is 0.505. The molecule has 140 valence electrons. The normalized spacial score (nSPS) is 11.0. The summed E-state index contributed by atoms with van der Waals surface area (Å²) in [5, 5.41) is 19.8. The Morgan fingerprint density at radius 3 is 1.56 bits per heavy atom. The Morgan fingerprint density at radius 1 is 0.741 bits per heavy atom. The Balaban J connectivity index is 1.79. The zero-order chi connectivity index (χ0) is 19.5. The van der Waals surface area contributed by atoms with Crippen molar-refractivity contribution in [3.63, 3.8) is 0 Å². The molecular weight excluding hydrogens is 344 g/mol. The molecule has 0 atom stereocenters. The summed E-state index contributed by atoms with van der Waals surface area (Å²) in [6.45, 7) is 1.33. The Bertz CT molecular complexity index is 754. The molecule has 0 aromatic heterocycles. The van der Waals surface area contributed by atoms with Crippen LogP contribution in [0.25, 0.3) is 0 Å². The van der Waals surface area contributed by atoms with Crippen molar-refractivity contribution >= 4 is 23.9 Å². The van der Waals surface area contributed by atoms with Crippen molar-refractivity contribution in [3.05, 3.63) is 59.7 Å². The molecule has 2 rings (SSSR count). The number of carbonyl (C=O) groups excluding carboxylic acids is 2. The number of nitrogens with zero attached hydrogens (tertiary/aromatic N) is 6. The lowest BCUT2D eigenvalue weighted by molar-refractivity contribution is 0.111. The lowest BCUT2D eigenvalue weighted by Gasteiger charge is -2.14. The van der Waals surface area contributed by atoms with Gasteiger partial charge in [0.2, 0.25) is 0 Å². The van der Waals surface area contributed by atoms with E-state index in [4.69, 9.17) is 0 Å². The number of carbonyl (C=O) groups is 2. The molecule has 0 aliphatic rings. The molecule has 8 nitrogen and oxygen atoms in total. The monoisotopic (exact) mass is 366 g/mol. The highest BCUT2D eigenvalue weighted by molar-refractivity contribution is 5.83. The van der Waals surface area contributed by atoms with E-state index < -0.39 is 0 Å². The van der Waals surface area contributed by atoms with Gasteiger partial charge in [-0.25, -0.2) is 0 Å². The van der Waals surface area contributed by atoms with E-state index in [1.165, 1.54) is 0 Å². The number of benzene rings is 2. The molecule has 0 radical (unpaired) electrons. The van der Waals surface area contributed by atoms with Gasteiger partial charge in [-0.1, -0.05) is 34.7 Å². The standard InChI is InChI=1S/C19H22N6O2/c1-24(22-20-18-10-5-3-8-16(18)14-26)12-7-13-25(2)23-21-19-11-6-4-9-17(19)15-27/h3-6,8-11,14-15H,7,12-13H2,1-2H3/b22-20+,23-21+. The van der Waals surface area contributed by atoms with Gasteiger partial charge in [-0.3, -0.25) is 19.6 Å². The highest BCUT2D eigenvalue weighted by Gasteiger charge is 2.02. The van der Waals surface area contributed by atoms with Gasteiger partial charge in [0.05, 0.1) is 11.4 Å². The molecular formula is C19H22N6O2. The second-order valence-electron chi connectivity index (χ2n) is 5.85. The first-order valence-electron chi connectivity index (χ1n) is 8.48. The topological polar surface area (TPSA) is 90.1 Å². The summed E-state index contributed by atoms with van der Waals surface area (Å²) < 4.78 is 0. The summed E-state index contributed by atoms with van der Waals surface area (Å²) in [7, 11) is 3.63. The first-order chi connectivity index (χ1) is 13.1. The van der Waals surface area contributed by atoms with Crippen molar-refractivity contribution in [1.29, 1.82) is 0 Å².